The van der Waals surface area contributed by atoms with Gasteiger partial charge in [-0.1, -0.05) is 0 Å². The lowest BCUT2D eigenvalue weighted by Crippen LogP contribution is -2.03. The van der Waals surface area contributed by atoms with E-state index in [1.54, 1.807) is 13.2 Å². The van der Waals surface area contributed by atoms with Crippen LogP contribution in [0.4, 0.5) is 8.78 Å². The Morgan fingerprint density at radius 1 is 1.40 bits per heavy atom. The van der Waals surface area contributed by atoms with E-state index in [1.165, 1.54) is 10.9 Å². The predicted octanol–water partition coefficient (Wildman–Crippen LogP) is 2.20. The van der Waals surface area contributed by atoms with Crippen molar-refractivity contribution in [3.05, 3.63) is 41.7 Å². The van der Waals surface area contributed by atoms with Gasteiger partial charge in [-0.25, -0.2) is 17.2 Å². The van der Waals surface area contributed by atoms with Crippen molar-refractivity contribution in [2.24, 2.45) is 7.05 Å². The summed E-state index contributed by atoms with van der Waals surface area (Å²) in [7, 11) is 2.48. The highest BCUT2D eigenvalue weighted by Gasteiger charge is 2.22. The van der Waals surface area contributed by atoms with E-state index < -0.39 is 31.3 Å². The van der Waals surface area contributed by atoms with Crippen molar-refractivity contribution in [2.75, 3.05) is 0 Å². The van der Waals surface area contributed by atoms with E-state index in [4.69, 9.17) is 15.4 Å². The molecular formula is C11H9ClF2N2O3S. The molecule has 0 atom stereocenters. The van der Waals surface area contributed by atoms with E-state index in [1.807, 2.05) is 0 Å². The molecule has 1 heterocycles. The van der Waals surface area contributed by atoms with Crippen molar-refractivity contribution < 1.29 is 21.9 Å². The van der Waals surface area contributed by atoms with Crippen LogP contribution in [0.2, 0.25) is 0 Å². The summed E-state index contributed by atoms with van der Waals surface area (Å²) in [5.41, 5.74) is 0.592. The maximum absolute atomic E-state index is 13.6. The molecule has 2 aromatic rings. The second-order valence-corrected chi connectivity index (χ2v) is 6.50. The molecule has 9 heteroatoms. The molecule has 0 aliphatic rings. The summed E-state index contributed by atoms with van der Waals surface area (Å²) in [6.45, 7) is -0.129. The molecule has 1 aromatic carbocycles. The summed E-state index contributed by atoms with van der Waals surface area (Å²) in [6, 6.07) is 1.12. The summed E-state index contributed by atoms with van der Waals surface area (Å²) in [4.78, 5) is -0.749. The first kappa shape index (κ1) is 14.7. The molecule has 2 rings (SSSR count). The average Bonchev–Trinajstić information content (AvgIpc) is 2.72. The molecular weight excluding hydrogens is 314 g/mol. The minimum Gasteiger partial charge on any atom is -0.484 e. The van der Waals surface area contributed by atoms with E-state index in [0.717, 1.165) is 0 Å². The highest BCUT2D eigenvalue weighted by Crippen LogP contribution is 2.31. The Kier molecular flexibility index (Phi) is 3.96. The van der Waals surface area contributed by atoms with Gasteiger partial charge in [0.1, 0.15) is 17.3 Å². The van der Waals surface area contributed by atoms with E-state index in [9.17, 15) is 17.2 Å². The third-order valence-electron chi connectivity index (χ3n) is 2.38. The van der Waals surface area contributed by atoms with Gasteiger partial charge in [0.15, 0.2) is 11.6 Å². The second kappa shape index (κ2) is 5.37. The van der Waals surface area contributed by atoms with Gasteiger partial charge in [0.05, 0.1) is 6.20 Å². The minimum absolute atomic E-state index is 0.129. The Labute approximate surface area is 118 Å². The third kappa shape index (κ3) is 3.26. The van der Waals surface area contributed by atoms with Crippen LogP contribution in [0, 0.1) is 11.6 Å². The number of aromatic nitrogens is 2. The van der Waals surface area contributed by atoms with Crippen molar-refractivity contribution in [3.63, 3.8) is 0 Å². The number of benzene rings is 1. The van der Waals surface area contributed by atoms with Crippen molar-refractivity contribution in [2.45, 2.75) is 11.5 Å². The van der Waals surface area contributed by atoms with Gasteiger partial charge in [0, 0.05) is 35.6 Å². The average molecular weight is 323 g/mol. The fraction of sp³-hybridized carbons (Fsp3) is 0.182. The second-order valence-electron chi connectivity index (χ2n) is 3.96. The topological polar surface area (TPSA) is 61.2 Å². The number of ether oxygens (including phenoxy) is 1. The Bertz CT molecular complexity index is 746. The molecule has 0 fully saturated rings. The smallest absolute Gasteiger partial charge is 0.265 e. The van der Waals surface area contributed by atoms with Gasteiger partial charge in [0.25, 0.3) is 9.05 Å². The van der Waals surface area contributed by atoms with Crippen molar-refractivity contribution in [1.29, 1.82) is 0 Å². The van der Waals surface area contributed by atoms with Crippen molar-refractivity contribution in [3.8, 4) is 5.75 Å². The van der Waals surface area contributed by atoms with Gasteiger partial charge in [-0.05, 0) is 6.07 Å². The van der Waals surface area contributed by atoms with Crippen LogP contribution in [0.5, 0.6) is 5.75 Å². The molecule has 0 spiro atoms. The van der Waals surface area contributed by atoms with E-state index >= 15 is 0 Å². The molecule has 0 amide bonds. The third-order valence-corrected chi connectivity index (χ3v) is 3.71. The molecule has 0 saturated heterocycles. The summed E-state index contributed by atoms with van der Waals surface area (Å²) >= 11 is 0. The molecule has 0 aliphatic heterocycles. The van der Waals surface area contributed by atoms with Crippen LogP contribution in [0.3, 0.4) is 0 Å². The van der Waals surface area contributed by atoms with E-state index in [2.05, 4.69) is 5.10 Å². The summed E-state index contributed by atoms with van der Waals surface area (Å²) in [5, 5.41) is 3.88. The molecule has 0 saturated carbocycles. The van der Waals surface area contributed by atoms with Gasteiger partial charge in [-0.15, -0.1) is 0 Å². The first-order valence-electron chi connectivity index (χ1n) is 5.31. The fourth-order valence-corrected chi connectivity index (χ4v) is 2.53. The number of halogens is 3. The van der Waals surface area contributed by atoms with Crippen LogP contribution in [0.25, 0.3) is 0 Å². The lowest BCUT2D eigenvalue weighted by molar-refractivity contribution is 0.280. The first-order valence-corrected chi connectivity index (χ1v) is 7.62. The number of hydrogen-bond acceptors (Lipinski definition) is 4. The van der Waals surface area contributed by atoms with Crippen molar-refractivity contribution >= 4 is 19.7 Å². The van der Waals surface area contributed by atoms with E-state index in [-0.39, 0.29) is 6.61 Å². The highest BCUT2D eigenvalue weighted by molar-refractivity contribution is 8.13. The SMILES string of the molecule is Cn1cc(COc2c(F)cc(F)cc2S(=O)(=O)Cl)cn1. The number of nitrogens with zero attached hydrogens (tertiary/aromatic N) is 2. The maximum atomic E-state index is 13.6. The highest BCUT2D eigenvalue weighted by atomic mass is 35.7. The van der Waals surface area contributed by atoms with Crippen LogP contribution in [0.15, 0.2) is 29.4 Å². The molecule has 0 N–H and O–H groups in total. The lowest BCUT2D eigenvalue weighted by atomic mass is 10.3. The van der Waals surface area contributed by atoms with Gasteiger partial charge >= 0.3 is 0 Å². The van der Waals surface area contributed by atoms with Gasteiger partial charge < -0.3 is 4.74 Å². The number of hydrogen-bond donors (Lipinski definition) is 0. The monoisotopic (exact) mass is 322 g/mol. The lowest BCUT2D eigenvalue weighted by Gasteiger charge is -2.10. The molecule has 0 unspecified atom stereocenters. The molecule has 1 aromatic heterocycles. The number of rotatable bonds is 4. The van der Waals surface area contributed by atoms with Gasteiger partial charge in [0.2, 0.25) is 0 Å². The molecule has 108 valence electrons. The zero-order valence-corrected chi connectivity index (χ0v) is 11.8. The predicted molar refractivity (Wildman–Crippen MR) is 66.9 cm³/mol. The molecule has 0 bridgehead atoms. The van der Waals surface area contributed by atoms with Crippen LogP contribution in [-0.2, 0) is 22.7 Å². The van der Waals surface area contributed by atoms with Crippen LogP contribution in [0.1, 0.15) is 5.56 Å². The summed E-state index contributed by atoms with van der Waals surface area (Å²) in [5.74, 6) is -2.83. The number of aryl methyl sites for hydroxylation is 1. The Morgan fingerprint density at radius 2 is 2.10 bits per heavy atom. The Hall–Kier alpha value is -1.67. The van der Waals surface area contributed by atoms with Crippen LogP contribution in [-0.4, -0.2) is 18.2 Å². The fourth-order valence-electron chi connectivity index (χ4n) is 1.56. The first-order chi connectivity index (χ1) is 9.27. The zero-order chi connectivity index (χ0) is 14.9. The molecule has 0 aliphatic carbocycles. The standard InChI is InChI=1S/C11H9ClF2N2O3S/c1-16-5-7(4-15-16)6-19-11-9(14)2-8(13)3-10(11)20(12,17)18/h2-5H,6H2,1H3. The Morgan fingerprint density at radius 3 is 2.65 bits per heavy atom. The van der Waals surface area contributed by atoms with Crippen LogP contribution < -0.4 is 4.74 Å². The van der Waals surface area contributed by atoms with Gasteiger partial charge in [-0.3, -0.25) is 4.68 Å². The van der Waals surface area contributed by atoms with Crippen molar-refractivity contribution in [1.82, 2.24) is 9.78 Å². The maximum Gasteiger partial charge on any atom is 0.265 e. The van der Waals surface area contributed by atoms with Gasteiger partial charge in [-0.2, -0.15) is 5.10 Å². The summed E-state index contributed by atoms with van der Waals surface area (Å²) in [6.07, 6.45) is 3.08. The quantitative estimate of drug-likeness (QED) is 0.810. The molecule has 20 heavy (non-hydrogen) atoms. The summed E-state index contributed by atoms with van der Waals surface area (Å²) < 4.78 is 55.9. The van der Waals surface area contributed by atoms with Crippen LogP contribution >= 0.6 is 10.7 Å². The molecule has 5 nitrogen and oxygen atoms in total. The van der Waals surface area contributed by atoms with E-state index in [0.29, 0.717) is 17.7 Å². The zero-order valence-electron chi connectivity index (χ0n) is 10.2. The Balaban J connectivity index is 2.35. The molecule has 0 radical (unpaired) electrons. The normalized spacial score (nSPS) is 11.6. The largest absolute Gasteiger partial charge is 0.484 e. The minimum atomic E-state index is -4.33.